The van der Waals surface area contributed by atoms with Crippen LogP contribution in [-0.4, -0.2) is 12.0 Å². The van der Waals surface area contributed by atoms with E-state index < -0.39 is 11.7 Å². The fourth-order valence-corrected chi connectivity index (χ4v) is 2.21. The monoisotopic (exact) mass is 322 g/mol. The summed E-state index contributed by atoms with van der Waals surface area (Å²) in [5.74, 6) is -0.331. The van der Waals surface area contributed by atoms with Crippen molar-refractivity contribution in [1.29, 1.82) is 0 Å². The Morgan fingerprint density at radius 1 is 1.00 bits per heavy atom. The van der Waals surface area contributed by atoms with Crippen molar-refractivity contribution in [3.8, 4) is 0 Å². The molecule has 2 aromatic carbocycles. The lowest BCUT2D eigenvalue weighted by Gasteiger charge is -2.06. The summed E-state index contributed by atoms with van der Waals surface area (Å²) >= 11 is 1.62. The molecule has 0 spiro atoms. The summed E-state index contributed by atoms with van der Waals surface area (Å²) < 4.78 is 37.4. The van der Waals surface area contributed by atoms with E-state index in [0.29, 0.717) is 0 Å². The minimum Gasteiger partial charge on any atom is -0.289 e. The molecule has 22 heavy (non-hydrogen) atoms. The molecule has 0 bridgehead atoms. The molecule has 0 N–H and O–H groups in total. The fraction of sp³-hybridized carbons (Fsp3) is 0.118. The molecule has 114 valence electrons. The van der Waals surface area contributed by atoms with Crippen LogP contribution >= 0.6 is 11.8 Å². The smallest absolute Gasteiger partial charge is 0.289 e. The summed E-state index contributed by atoms with van der Waals surface area (Å²) in [6.07, 6.45) is 0.580. The summed E-state index contributed by atoms with van der Waals surface area (Å²) in [4.78, 5) is 13.0. The molecule has 5 heteroatoms. The van der Waals surface area contributed by atoms with Crippen molar-refractivity contribution in [3.63, 3.8) is 0 Å². The van der Waals surface area contributed by atoms with Crippen LogP contribution in [0.3, 0.4) is 0 Å². The van der Waals surface area contributed by atoms with Gasteiger partial charge in [0, 0.05) is 10.5 Å². The van der Waals surface area contributed by atoms with Crippen molar-refractivity contribution < 1.29 is 18.0 Å². The topological polar surface area (TPSA) is 17.1 Å². The van der Waals surface area contributed by atoms with Gasteiger partial charge in [-0.25, -0.2) is 0 Å². The van der Waals surface area contributed by atoms with Gasteiger partial charge in [-0.1, -0.05) is 30.3 Å². The first-order valence-electron chi connectivity index (χ1n) is 6.44. The van der Waals surface area contributed by atoms with Crippen molar-refractivity contribution in [2.45, 2.75) is 11.1 Å². The van der Waals surface area contributed by atoms with Gasteiger partial charge in [0.1, 0.15) is 0 Å². The molecule has 0 heterocycles. The lowest BCUT2D eigenvalue weighted by Crippen LogP contribution is -2.05. The van der Waals surface area contributed by atoms with Crippen LogP contribution in [0.5, 0.6) is 0 Å². The molecule has 0 amide bonds. The number of ketones is 1. The van der Waals surface area contributed by atoms with Gasteiger partial charge in [0.2, 0.25) is 0 Å². The maximum Gasteiger partial charge on any atom is 0.416 e. The lowest BCUT2D eigenvalue weighted by molar-refractivity contribution is -0.137. The van der Waals surface area contributed by atoms with Gasteiger partial charge in [-0.15, -0.1) is 11.8 Å². The largest absolute Gasteiger partial charge is 0.416 e. The average molecular weight is 322 g/mol. The quantitative estimate of drug-likeness (QED) is 0.430. The van der Waals surface area contributed by atoms with Crippen molar-refractivity contribution in [1.82, 2.24) is 0 Å². The minimum absolute atomic E-state index is 0.227. The van der Waals surface area contributed by atoms with Crippen LogP contribution in [0.2, 0.25) is 0 Å². The molecule has 0 atom stereocenters. The molecular weight excluding hydrogens is 309 g/mol. The average Bonchev–Trinajstić information content (AvgIpc) is 2.52. The zero-order chi connectivity index (χ0) is 16.2. The van der Waals surface area contributed by atoms with Crippen LogP contribution in [0.15, 0.2) is 59.5 Å². The van der Waals surface area contributed by atoms with Gasteiger partial charge in [0.15, 0.2) is 5.78 Å². The second-order valence-corrected chi connectivity index (χ2v) is 5.43. The lowest BCUT2D eigenvalue weighted by atomic mass is 10.1. The summed E-state index contributed by atoms with van der Waals surface area (Å²) in [5.41, 5.74) is 0.323. The molecular formula is C17H13F3OS. The maximum absolute atomic E-state index is 12.5. The van der Waals surface area contributed by atoms with E-state index in [4.69, 9.17) is 0 Å². The highest BCUT2D eigenvalue weighted by atomic mass is 32.2. The van der Waals surface area contributed by atoms with E-state index in [0.717, 1.165) is 22.6 Å². The van der Waals surface area contributed by atoms with Crippen LogP contribution in [-0.2, 0) is 6.18 Å². The van der Waals surface area contributed by atoms with E-state index in [1.54, 1.807) is 17.8 Å². The van der Waals surface area contributed by atoms with E-state index in [-0.39, 0.29) is 11.3 Å². The Balaban J connectivity index is 2.09. The van der Waals surface area contributed by atoms with Crippen LogP contribution < -0.4 is 0 Å². The van der Waals surface area contributed by atoms with E-state index in [1.807, 2.05) is 30.5 Å². The summed E-state index contributed by atoms with van der Waals surface area (Å²) in [6, 6.07) is 11.8. The highest BCUT2D eigenvalue weighted by Gasteiger charge is 2.30. The number of carbonyl (C=O) groups is 1. The van der Waals surface area contributed by atoms with Gasteiger partial charge in [0.05, 0.1) is 5.56 Å². The minimum atomic E-state index is -4.39. The number of hydrogen-bond acceptors (Lipinski definition) is 2. The Morgan fingerprint density at radius 2 is 1.59 bits per heavy atom. The highest BCUT2D eigenvalue weighted by molar-refractivity contribution is 7.98. The number of alkyl halides is 3. The molecule has 0 unspecified atom stereocenters. The Morgan fingerprint density at radius 3 is 2.09 bits per heavy atom. The molecule has 0 aromatic heterocycles. The fourth-order valence-electron chi connectivity index (χ4n) is 1.81. The normalized spacial score (nSPS) is 11.8. The Kier molecular flexibility index (Phi) is 5.08. The molecule has 2 aromatic rings. The number of halogens is 3. The zero-order valence-corrected chi connectivity index (χ0v) is 12.5. The molecule has 0 aliphatic rings. The third-order valence-corrected chi connectivity index (χ3v) is 3.78. The molecule has 0 aliphatic heterocycles. The third-order valence-electron chi connectivity index (χ3n) is 3.04. The molecule has 0 saturated carbocycles. The van der Waals surface area contributed by atoms with Crippen LogP contribution in [0.1, 0.15) is 21.5 Å². The Hall–Kier alpha value is -2.01. The molecule has 1 nitrogen and oxygen atoms in total. The molecule has 2 rings (SSSR count). The second-order valence-electron chi connectivity index (χ2n) is 4.55. The van der Waals surface area contributed by atoms with E-state index in [9.17, 15) is 18.0 Å². The molecule has 0 fully saturated rings. The van der Waals surface area contributed by atoms with Crippen LogP contribution in [0, 0.1) is 0 Å². The predicted molar refractivity (Wildman–Crippen MR) is 83.0 cm³/mol. The number of hydrogen-bond donors (Lipinski definition) is 0. The number of carbonyl (C=O) groups excluding carboxylic acids is 1. The van der Waals surface area contributed by atoms with Gasteiger partial charge in [-0.05, 0) is 42.2 Å². The van der Waals surface area contributed by atoms with Gasteiger partial charge >= 0.3 is 6.18 Å². The Bertz CT molecular complexity index is 671. The summed E-state index contributed by atoms with van der Waals surface area (Å²) in [5, 5.41) is 0. The van der Waals surface area contributed by atoms with Crippen molar-refractivity contribution in [2.24, 2.45) is 0 Å². The Labute approximate surface area is 130 Å². The highest BCUT2D eigenvalue weighted by Crippen LogP contribution is 2.29. The first-order chi connectivity index (χ1) is 10.4. The SMILES string of the molecule is CSc1ccc(C=CC(=O)c2ccc(C(F)(F)F)cc2)cc1. The van der Waals surface area contributed by atoms with Gasteiger partial charge in [0.25, 0.3) is 0 Å². The van der Waals surface area contributed by atoms with Crippen molar-refractivity contribution in [3.05, 3.63) is 71.3 Å². The van der Waals surface area contributed by atoms with Gasteiger partial charge < -0.3 is 0 Å². The summed E-state index contributed by atoms with van der Waals surface area (Å²) in [7, 11) is 0. The van der Waals surface area contributed by atoms with Crippen LogP contribution in [0.4, 0.5) is 13.2 Å². The maximum atomic E-state index is 12.5. The first-order valence-corrected chi connectivity index (χ1v) is 7.66. The van der Waals surface area contributed by atoms with Crippen molar-refractivity contribution >= 4 is 23.6 Å². The molecule has 0 aliphatic carbocycles. The van der Waals surface area contributed by atoms with E-state index >= 15 is 0 Å². The number of allylic oxidation sites excluding steroid dienone is 1. The van der Waals surface area contributed by atoms with Crippen molar-refractivity contribution in [2.75, 3.05) is 6.26 Å². The predicted octanol–water partition coefficient (Wildman–Crippen LogP) is 5.32. The third kappa shape index (κ3) is 4.24. The second kappa shape index (κ2) is 6.83. The number of benzene rings is 2. The van der Waals surface area contributed by atoms with Crippen LogP contribution in [0.25, 0.3) is 6.08 Å². The summed E-state index contributed by atoms with van der Waals surface area (Å²) in [6.45, 7) is 0. The standard InChI is InChI=1S/C17H13F3OS/c1-22-15-9-2-12(3-10-15)4-11-16(21)13-5-7-14(8-6-13)17(18,19)20/h2-11H,1H3. The molecule has 0 radical (unpaired) electrons. The van der Waals surface area contributed by atoms with E-state index in [1.165, 1.54) is 18.2 Å². The first kappa shape index (κ1) is 16.4. The van der Waals surface area contributed by atoms with Gasteiger partial charge in [-0.2, -0.15) is 13.2 Å². The molecule has 0 saturated heterocycles. The number of rotatable bonds is 4. The van der Waals surface area contributed by atoms with E-state index in [2.05, 4.69) is 0 Å². The zero-order valence-electron chi connectivity index (χ0n) is 11.7. The van der Waals surface area contributed by atoms with Gasteiger partial charge in [-0.3, -0.25) is 4.79 Å². The number of thioether (sulfide) groups is 1.